The normalized spacial score (nSPS) is 10.4. The lowest BCUT2D eigenvalue weighted by atomic mass is 10.2. The molecule has 0 atom stereocenters. The lowest BCUT2D eigenvalue weighted by molar-refractivity contribution is -0.00000594. The first kappa shape index (κ1) is 19.0. The molecule has 4 aromatic rings. The van der Waals surface area contributed by atoms with E-state index < -0.39 is 0 Å². The Labute approximate surface area is 167 Å². The number of halogens is 1. The second-order valence-corrected chi connectivity index (χ2v) is 6.67. The molecular weight excluding hydrogens is 382 g/mol. The van der Waals surface area contributed by atoms with Gasteiger partial charge in [-0.1, -0.05) is 41.5 Å². The zero-order chi connectivity index (χ0) is 17.6. The van der Waals surface area contributed by atoms with Crippen LogP contribution in [0.25, 0.3) is 5.69 Å². The van der Waals surface area contributed by atoms with Crippen molar-refractivity contribution in [3.8, 4) is 17.4 Å². The molecule has 8 heteroatoms. The van der Waals surface area contributed by atoms with Gasteiger partial charge in [-0.25, -0.2) is 0 Å². The predicted octanol–water partition coefficient (Wildman–Crippen LogP) is 0.810. The van der Waals surface area contributed by atoms with Crippen molar-refractivity contribution in [1.82, 2.24) is 25.5 Å². The van der Waals surface area contributed by atoms with Crippen LogP contribution >= 0.6 is 11.3 Å². The van der Waals surface area contributed by atoms with E-state index in [-0.39, 0.29) is 12.4 Å². The fraction of sp³-hybridized carbons (Fsp3) is 0.105. The van der Waals surface area contributed by atoms with Crippen molar-refractivity contribution >= 4 is 11.3 Å². The Kier molecular flexibility index (Phi) is 6.54. The molecule has 138 valence electrons. The zero-order valence-electron chi connectivity index (χ0n) is 14.3. The summed E-state index contributed by atoms with van der Waals surface area (Å²) >= 11 is 1.75. The number of aromatic nitrogens is 4. The molecule has 0 radical (unpaired) electrons. The first-order valence-electron chi connectivity index (χ1n) is 8.22. The Morgan fingerprint density at radius 1 is 0.963 bits per heavy atom. The van der Waals surface area contributed by atoms with Gasteiger partial charge in [-0.3, -0.25) is 0 Å². The van der Waals surface area contributed by atoms with Gasteiger partial charge in [0.1, 0.15) is 5.75 Å². The Bertz CT molecular complexity index is 959. The molecule has 4 rings (SSSR count). The Hall–Kier alpha value is -2.74. The number of tetrazole rings is 1. The highest BCUT2D eigenvalue weighted by Gasteiger charge is 2.10. The minimum Gasteiger partial charge on any atom is -1.00 e. The van der Waals surface area contributed by atoms with Crippen molar-refractivity contribution in [1.29, 1.82) is 0 Å². The Morgan fingerprint density at radius 3 is 2.67 bits per heavy atom. The summed E-state index contributed by atoms with van der Waals surface area (Å²) in [6, 6.07) is 22.1. The van der Waals surface area contributed by atoms with E-state index in [1.165, 1.54) is 4.88 Å². The molecule has 2 aromatic carbocycles. The number of hydrogen-bond acceptors (Lipinski definition) is 6. The molecule has 2 aromatic heterocycles. The summed E-state index contributed by atoms with van der Waals surface area (Å²) in [4.78, 5) is 1.32. The number of ether oxygens (including phenoxy) is 1. The SMILES string of the molecule is [Cl-].c1ccc(-n2nnnc2Oc2cccc(CNCc3cccs3)c2)cc1. The molecule has 6 nitrogen and oxygen atoms in total. The zero-order valence-corrected chi connectivity index (χ0v) is 15.9. The quantitative estimate of drug-likeness (QED) is 0.499. The van der Waals surface area contributed by atoms with Gasteiger partial charge in [-0.05, 0) is 51.7 Å². The van der Waals surface area contributed by atoms with Crippen LogP contribution in [0.15, 0.2) is 72.1 Å². The number of rotatable bonds is 7. The molecule has 2 heterocycles. The smallest absolute Gasteiger partial charge is 0.345 e. The van der Waals surface area contributed by atoms with Crippen molar-refractivity contribution in [2.75, 3.05) is 0 Å². The van der Waals surface area contributed by atoms with Crippen LogP contribution in [0, 0.1) is 0 Å². The van der Waals surface area contributed by atoms with E-state index in [1.54, 1.807) is 16.0 Å². The van der Waals surface area contributed by atoms with Gasteiger partial charge in [0.25, 0.3) is 0 Å². The molecule has 0 spiro atoms. The number of thiophene rings is 1. The van der Waals surface area contributed by atoms with Crippen molar-refractivity contribution in [2.45, 2.75) is 13.1 Å². The number of benzene rings is 2. The average Bonchev–Trinajstić information content (AvgIpc) is 3.35. The highest BCUT2D eigenvalue weighted by atomic mass is 35.5. The molecule has 0 aliphatic rings. The lowest BCUT2D eigenvalue weighted by Gasteiger charge is -2.08. The monoisotopic (exact) mass is 398 g/mol. The Balaban J connectivity index is 0.00000210. The first-order chi connectivity index (χ1) is 12.9. The van der Waals surface area contributed by atoms with Gasteiger partial charge >= 0.3 is 6.01 Å². The number of nitrogens with zero attached hydrogens (tertiary/aromatic N) is 4. The molecule has 0 amide bonds. The van der Waals surface area contributed by atoms with Crippen LogP contribution in [0.2, 0.25) is 0 Å². The first-order valence-corrected chi connectivity index (χ1v) is 9.10. The lowest BCUT2D eigenvalue weighted by Crippen LogP contribution is -3.00. The van der Waals surface area contributed by atoms with E-state index in [9.17, 15) is 0 Å². The summed E-state index contributed by atoms with van der Waals surface area (Å²) in [6.45, 7) is 1.62. The topological polar surface area (TPSA) is 64.9 Å². The van der Waals surface area contributed by atoms with E-state index in [0.29, 0.717) is 11.8 Å². The van der Waals surface area contributed by atoms with Gasteiger partial charge in [0.15, 0.2) is 0 Å². The van der Waals surface area contributed by atoms with Crippen LogP contribution in [0.4, 0.5) is 0 Å². The summed E-state index contributed by atoms with van der Waals surface area (Å²) in [5.41, 5.74) is 1.99. The number of para-hydroxylation sites is 1. The van der Waals surface area contributed by atoms with Crippen molar-refractivity contribution in [3.05, 3.63) is 82.6 Å². The van der Waals surface area contributed by atoms with Gasteiger partial charge < -0.3 is 22.5 Å². The standard InChI is InChI=1S/C19H17N5OS.ClH/c1-2-7-16(8-3-1)24-19(21-22-23-24)25-17-9-4-6-15(12-17)13-20-14-18-10-5-11-26-18;/h1-12,20H,13-14H2;1H/p-1. The molecule has 0 fully saturated rings. The molecule has 0 aliphatic heterocycles. The van der Waals surface area contributed by atoms with Crippen molar-refractivity contribution in [3.63, 3.8) is 0 Å². The van der Waals surface area contributed by atoms with Crippen LogP contribution < -0.4 is 22.5 Å². The molecule has 0 aliphatic carbocycles. The maximum Gasteiger partial charge on any atom is 0.345 e. The third-order valence-electron chi connectivity index (χ3n) is 3.76. The highest BCUT2D eigenvalue weighted by molar-refractivity contribution is 7.09. The largest absolute Gasteiger partial charge is 1.00 e. The Morgan fingerprint density at radius 2 is 1.85 bits per heavy atom. The molecule has 0 bridgehead atoms. The third-order valence-corrected chi connectivity index (χ3v) is 4.63. The molecule has 0 saturated heterocycles. The van der Waals surface area contributed by atoms with Gasteiger partial charge in [-0.2, -0.15) is 4.68 Å². The summed E-state index contributed by atoms with van der Waals surface area (Å²) in [5, 5.41) is 17.2. The third kappa shape index (κ3) is 4.91. The molecular formula is C19H17ClN5OS-. The number of hydrogen-bond donors (Lipinski definition) is 1. The van der Waals surface area contributed by atoms with Gasteiger partial charge in [-0.15, -0.1) is 11.3 Å². The van der Waals surface area contributed by atoms with Crippen LogP contribution in [0.1, 0.15) is 10.4 Å². The van der Waals surface area contributed by atoms with Crippen molar-refractivity contribution < 1.29 is 17.1 Å². The maximum absolute atomic E-state index is 5.90. The molecule has 0 saturated carbocycles. The van der Waals surface area contributed by atoms with Crippen LogP contribution in [0.3, 0.4) is 0 Å². The van der Waals surface area contributed by atoms with Gasteiger partial charge in [0.05, 0.1) is 5.69 Å². The number of nitrogens with one attached hydrogen (secondary N) is 1. The van der Waals surface area contributed by atoms with Crippen molar-refractivity contribution in [2.24, 2.45) is 0 Å². The summed E-state index contributed by atoms with van der Waals surface area (Å²) in [5.74, 6) is 0.701. The van der Waals surface area contributed by atoms with Crippen LogP contribution in [-0.2, 0) is 13.1 Å². The van der Waals surface area contributed by atoms with E-state index in [4.69, 9.17) is 4.74 Å². The van der Waals surface area contributed by atoms with E-state index in [0.717, 1.165) is 24.3 Å². The fourth-order valence-corrected chi connectivity index (χ4v) is 3.22. The highest BCUT2D eigenvalue weighted by Crippen LogP contribution is 2.22. The van der Waals surface area contributed by atoms with E-state index >= 15 is 0 Å². The maximum atomic E-state index is 5.90. The predicted molar refractivity (Wildman–Crippen MR) is 101 cm³/mol. The molecule has 1 N–H and O–H groups in total. The summed E-state index contributed by atoms with van der Waals surface area (Å²) in [6.07, 6.45) is 0. The average molecular weight is 399 g/mol. The summed E-state index contributed by atoms with van der Waals surface area (Å²) in [7, 11) is 0. The van der Waals surface area contributed by atoms with Gasteiger partial charge in [0, 0.05) is 18.0 Å². The van der Waals surface area contributed by atoms with Gasteiger partial charge in [0.2, 0.25) is 0 Å². The fourth-order valence-electron chi connectivity index (χ4n) is 2.54. The minimum atomic E-state index is 0. The van der Waals surface area contributed by atoms with Crippen LogP contribution in [-0.4, -0.2) is 20.2 Å². The van der Waals surface area contributed by atoms with Crippen LogP contribution in [0.5, 0.6) is 11.8 Å². The summed E-state index contributed by atoms with van der Waals surface area (Å²) < 4.78 is 7.47. The second-order valence-electron chi connectivity index (χ2n) is 5.64. The molecule has 0 unspecified atom stereocenters. The minimum absolute atomic E-state index is 0. The molecule has 27 heavy (non-hydrogen) atoms. The van der Waals surface area contributed by atoms with E-state index in [1.807, 2.05) is 48.5 Å². The second kappa shape index (κ2) is 9.27. The van der Waals surface area contributed by atoms with E-state index in [2.05, 4.69) is 44.4 Å².